The summed E-state index contributed by atoms with van der Waals surface area (Å²) in [4.78, 5) is 3.43. The van der Waals surface area contributed by atoms with Gasteiger partial charge in [0.05, 0.1) is 7.11 Å². The van der Waals surface area contributed by atoms with Gasteiger partial charge in [-0.1, -0.05) is 0 Å². The second kappa shape index (κ2) is 5.23. The first-order chi connectivity index (χ1) is 8.26. The summed E-state index contributed by atoms with van der Waals surface area (Å²) in [5, 5.41) is 4.50. The van der Waals surface area contributed by atoms with Gasteiger partial charge in [-0.2, -0.15) is 0 Å². The molecule has 0 amide bonds. The molecule has 2 N–H and O–H groups in total. The highest BCUT2D eigenvalue weighted by molar-refractivity contribution is 5.85. The standard InChI is InChI=1S/C14H20N2O/c1-10-12(5-4-8-15-2)13-7-6-11(17-3)9-14(13)16-10/h6-7,9,15-16H,4-5,8H2,1-3H3. The van der Waals surface area contributed by atoms with Crippen molar-refractivity contribution in [2.75, 3.05) is 20.7 Å². The number of aromatic nitrogens is 1. The number of aryl methyl sites for hydroxylation is 2. The van der Waals surface area contributed by atoms with Crippen LogP contribution in [-0.4, -0.2) is 25.7 Å². The van der Waals surface area contributed by atoms with Gasteiger partial charge in [0.2, 0.25) is 0 Å². The van der Waals surface area contributed by atoms with E-state index in [1.165, 1.54) is 22.2 Å². The van der Waals surface area contributed by atoms with E-state index in [1.54, 1.807) is 7.11 Å². The Kier molecular flexibility index (Phi) is 3.69. The Morgan fingerprint density at radius 1 is 1.35 bits per heavy atom. The van der Waals surface area contributed by atoms with Crippen LogP contribution in [0.3, 0.4) is 0 Å². The number of benzene rings is 1. The molecule has 92 valence electrons. The SMILES string of the molecule is CNCCCc1c(C)[nH]c2cc(OC)ccc12. The molecule has 1 aromatic heterocycles. The molecule has 0 bridgehead atoms. The van der Waals surface area contributed by atoms with Crippen molar-refractivity contribution >= 4 is 10.9 Å². The fourth-order valence-corrected chi connectivity index (χ4v) is 2.26. The topological polar surface area (TPSA) is 37.0 Å². The maximum absolute atomic E-state index is 5.24. The zero-order valence-electron chi connectivity index (χ0n) is 10.8. The van der Waals surface area contributed by atoms with Gasteiger partial charge in [-0.25, -0.2) is 0 Å². The summed E-state index contributed by atoms with van der Waals surface area (Å²) in [6, 6.07) is 6.23. The van der Waals surface area contributed by atoms with E-state index in [4.69, 9.17) is 4.74 Å². The van der Waals surface area contributed by atoms with E-state index in [0.717, 1.165) is 25.1 Å². The van der Waals surface area contributed by atoms with Crippen LogP contribution < -0.4 is 10.1 Å². The number of methoxy groups -OCH3 is 1. The van der Waals surface area contributed by atoms with Crippen molar-refractivity contribution < 1.29 is 4.74 Å². The van der Waals surface area contributed by atoms with Crippen molar-refractivity contribution in [2.24, 2.45) is 0 Å². The number of aromatic amines is 1. The molecule has 0 aliphatic carbocycles. The van der Waals surface area contributed by atoms with Crippen molar-refractivity contribution in [2.45, 2.75) is 19.8 Å². The Morgan fingerprint density at radius 3 is 2.88 bits per heavy atom. The van der Waals surface area contributed by atoms with Crippen LogP contribution in [0.2, 0.25) is 0 Å². The van der Waals surface area contributed by atoms with Crippen LogP contribution in [0.5, 0.6) is 5.75 Å². The highest BCUT2D eigenvalue weighted by atomic mass is 16.5. The predicted molar refractivity (Wildman–Crippen MR) is 71.8 cm³/mol. The Balaban J connectivity index is 2.31. The second-order valence-electron chi connectivity index (χ2n) is 4.35. The fraction of sp³-hybridized carbons (Fsp3) is 0.429. The minimum Gasteiger partial charge on any atom is -0.497 e. The number of nitrogens with one attached hydrogen (secondary N) is 2. The minimum absolute atomic E-state index is 0.903. The lowest BCUT2D eigenvalue weighted by molar-refractivity contribution is 0.415. The van der Waals surface area contributed by atoms with Crippen LogP contribution in [0, 0.1) is 6.92 Å². The van der Waals surface area contributed by atoms with Crippen LogP contribution in [0.25, 0.3) is 10.9 Å². The monoisotopic (exact) mass is 232 g/mol. The molecule has 0 aliphatic rings. The number of fused-ring (bicyclic) bond motifs is 1. The maximum Gasteiger partial charge on any atom is 0.120 e. The number of hydrogen-bond acceptors (Lipinski definition) is 2. The molecule has 1 aromatic carbocycles. The molecule has 0 spiro atoms. The molecule has 0 saturated carbocycles. The number of rotatable bonds is 5. The lowest BCUT2D eigenvalue weighted by atomic mass is 10.1. The summed E-state index contributed by atoms with van der Waals surface area (Å²) in [7, 11) is 3.69. The normalized spacial score (nSPS) is 11.0. The van der Waals surface area contributed by atoms with Crippen LogP contribution >= 0.6 is 0 Å². The van der Waals surface area contributed by atoms with Gasteiger partial charge in [0, 0.05) is 22.7 Å². The van der Waals surface area contributed by atoms with Crippen LogP contribution in [0.4, 0.5) is 0 Å². The first-order valence-electron chi connectivity index (χ1n) is 6.06. The van der Waals surface area contributed by atoms with E-state index >= 15 is 0 Å². The number of H-pyrrole nitrogens is 1. The molecule has 0 unspecified atom stereocenters. The molecular formula is C14H20N2O. The van der Waals surface area contributed by atoms with Gasteiger partial charge < -0.3 is 15.0 Å². The van der Waals surface area contributed by atoms with Crippen molar-refractivity contribution in [3.05, 3.63) is 29.5 Å². The van der Waals surface area contributed by atoms with Gasteiger partial charge in [0.25, 0.3) is 0 Å². The molecule has 0 fully saturated rings. The first-order valence-corrected chi connectivity index (χ1v) is 6.06. The van der Waals surface area contributed by atoms with E-state index in [1.807, 2.05) is 13.1 Å². The van der Waals surface area contributed by atoms with E-state index in [0.29, 0.717) is 0 Å². The molecule has 17 heavy (non-hydrogen) atoms. The summed E-state index contributed by atoms with van der Waals surface area (Å²) < 4.78 is 5.24. The molecule has 1 heterocycles. The van der Waals surface area contributed by atoms with Crippen LogP contribution in [0.1, 0.15) is 17.7 Å². The minimum atomic E-state index is 0.903. The number of hydrogen-bond donors (Lipinski definition) is 2. The predicted octanol–water partition coefficient (Wildman–Crippen LogP) is 2.64. The zero-order chi connectivity index (χ0) is 12.3. The van der Waals surface area contributed by atoms with Gasteiger partial charge in [0.1, 0.15) is 5.75 Å². The summed E-state index contributed by atoms with van der Waals surface area (Å²) in [5.74, 6) is 0.903. The molecule has 2 aromatic rings. The molecule has 2 rings (SSSR count). The highest BCUT2D eigenvalue weighted by Gasteiger charge is 2.08. The first kappa shape index (κ1) is 12.0. The van der Waals surface area contributed by atoms with Crippen LogP contribution in [0.15, 0.2) is 18.2 Å². The van der Waals surface area contributed by atoms with Crippen molar-refractivity contribution in [3.8, 4) is 5.75 Å². The van der Waals surface area contributed by atoms with Crippen molar-refractivity contribution in [3.63, 3.8) is 0 Å². The molecule has 3 heteroatoms. The molecule has 0 atom stereocenters. The second-order valence-corrected chi connectivity index (χ2v) is 4.35. The summed E-state index contributed by atoms with van der Waals surface area (Å²) >= 11 is 0. The van der Waals surface area contributed by atoms with Gasteiger partial charge in [-0.15, -0.1) is 0 Å². The third-order valence-electron chi connectivity index (χ3n) is 3.18. The molecular weight excluding hydrogens is 212 g/mol. The van der Waals surface area contributed by atoms with E-state index in [2.05, 4.69) is 29.4 Å². The number of ether oxygens (including phenoxy) is 1. The quantitative estimate of drug-likeness (QED) is 0.778. The zero-order valence-corrected chi connectivity index (χ0v) is 10.8. The molecule has 3 nitrogen and oxygen atoms in total. The lowest BCUT2D eigenvalue weighted by Crippen LogP contribution is -2.08. The van der Waals surface area contributed by atoms with Gasteiger partial charge in [-0.3, -0.25) is 0 Å². The maximum atomic E-state index is 5.24. The van der Waals surface area contributed by atoms with Gasteiger partial charge in [0.15, 0.2) is 0 Å². The van der Waals surface area contributed by atoms with Gasteiger partial charge in [-0.05, 0) is 51.1 Å². The third-order valence-corrected chi connectivity index (χ3v) is 3.18. The smallest absolute Gasteiger partial charge is 0.120 e. The van der Waals surface area contributed by atoms with E-state index in [-0.39, 0.29) is 0 Å². The van der Waals surface area contributed by atoms with Crippen molar-refractivity contribution in [1.82, 2.24) is 10.3 Å². The van der Waals surface area contributed by atoms with E-state index in [9.17, 15) is 0 Å². The molecule has 0 saturated heterocycles. The largest absolute Gasteiger partial charge is 0.497 e. The average molecular weight is 232 g/mol. The summed E-state index contributed by atoms with van der Waals surface area (Å²) in [6.45, 7) is 3.20. The Morgan fingerprint density at radius 2 is 2.18 bits per heavy atom. The molecule has 0 aliphatic heterocycles. The van der Waals surface area contributed by atoms with Crippen LogP contribution in [-0.2, 0) is 6.42 Å². The highest BCUT2D eigenvalue weighted by Crippen LogP contribution is 2.26. The lowest BCUT2D eigenvalue weighted by Gasteiger charge is -2.02. The Bertz CT molecular complexity index is 502. The average Bonchev–Trinajstić information content (AvgIpc) is 2.65. The van der Waals surface area contributed by atoms with Gasteiger partial charge >= 0.3 is 0 Å². The van der Waals surface area contributed by atoms with Crippen molar-refractivity contribution in [1.29, 1.82) is 0 Å². The Hall–Kier alpha value is -1.48. The third kappa shape index (κ3) is 2.44. The summed E-state index contributed by atoms with van der Waals surface area (Å²) in [5.41, 5.74) is 3.86. The summed E-state index contributed by atoms with van der Waals surface area (Å²) in [6.07, 6.45) is 2.27. The fourth-order valence-electron chi connectivity index (χ4n) is 2.26. The Labute approximate surface area is 102 Å². The molecule has 0 radical (unpaired) electrons. The van der Waals surface area contributed by atoms with E-state index < -0.39 is 0 Å².